The molecular formula is C23H27N7O2. The summed E-state index contributed by atoms with van der Waals surface area (Å²) in [7, 11) is 5.45. The monoisotopic (exact) mass is 433 g/mol. The molecule has 1 fully saturated rings. The van der Waals surface area contributed by atoms with E-state index in [1.807, 2.05) is 37.2 Å². The Balaban J connectivity index is 1.40. The number of hydrogen-bond acceptors (Lipinski definition) is 6. The van der Waals surface area contributed by atoms with Crippen LogP contribution in [0, 0.1) is 0 Å². The molecule has 1 saturated carbocycles. The summed E-state index contributed by atoms with van der Waals surface area (Å²) in [6.45, 7) is 0. The number of nitrogens with one attached hydrogen (secondary N) is 1. The maximum Gasteiger partial charge on any atom is 0.266 e. The summed E-state index contributed by atoms with van der Waals surface area (Å²) in [5.41, 5.74) is 3.07. The van der Waals surface area contributed by atoms with Crippen LogP contribution in [-0.2, 0) is 14.1 Å². The molecule has 0 bridgehead atoms. The number of hydrogen-bond donors (Lipinski definition) is 1. The molecule has 0 atom stereocenters. The van der Waals surface area contributed by atoms with E-state index in [9.17, 15) is 4.79 Å². The molecule has 4 aromatic rings. The van der Waals surface area contributed by atoms with E-state index in [0.29, 0.717) is 11.9 Å². The molecule has 0 aromatic carbocycles. The summed E-state index contributed by atoms with van der Waals surface area (Å²) < 4.78 is 11.6. The molecule has 9 nitrogen and oxygen atoms in total. The van der Waals surface area contributed by atoms with Crippen molar-refractivity contribution in [1.29, 1.82) is 0 Å². The summed E-state index contributed by atoms with van der Waals surface area (Å²) in [5.74, 6) is 1.35. The molecular weight excluding hydrogens is 406 g/mol. The Morgan fingerprint density at radius 3 is 2.59 bits per heavy atom. The Labute approximate surface area is 185 Å². The van der Waals surface area contributed by atoms with E-state index in [0.717, 1.165) is 53.7 Å². The third-order valence-electron chi connectivity index (χ3n) is 6.22. The molecule has 1 N–H and O–H groups in total. The number of ether oxygens (including phenoxy) is 1. The Bertz CT molecular complexity index is 1310. The summed E-state index contributed by atoms with van der Waals surface area (Å²) in [4.78, 5) is 16.1. The van der Waals surface area contributed by atoms with Gasteiger partial charge >= 0.3 is 0 Å². The minimum absolute atomic E-state index is 0.0999. The van der Waals surface area contributed by atoms with E-state index in [2.05, 4.69) is 37.3 Å². The van der Waals surface area contributed by atoms with Gasteiger partial charge in [0.05, 0.1) is 11.2 Å². The number of anilines is 1. The Morgan fingerprint density at radius 1 is 1.09 bits per heavy atom. The number of aromatic nitrogens is 6. The van der Waals surface area contributed by atoms with Gasteiger partial charge in [0.2, 0.25) is 5.88 Å². The molecule has 9 heteroatoms. The van der Waals surface area contributed by atoms with Gasteiger partial charge in [-0.2, -0.15) is 5.10 Å². The number of pyridine rings is 1. The second-order valence-corrected chi connectivity index (χ2v) is 8.34. The second-order valence-electron chi connectivity index (χ2n) is 8.34. The predicted octanol–water partition coefficient (Wildman–Crippen LogP) is 3.13. The van der Waals surface area contributed by atoms with Crippen LogP contribution in [0.15, 0.2) is 47.7 Å². The summed E-state index contributed by atoms with van der Waals surface area (Å²) >= 11 is 0. The number of nitrogens with zero attached hydrogens (tertiary/aromatic N) is 6. The third kappa shape index (κ3) is 3.74. The lowest BCUT2D eigenvalue weighted by molar-refractivity contribution is 0.126. The lowest BCUT2D eigenvalue weighted by Crippen LogP contribution is -2.27. The van der Waals surface area contributed by atoms with Crippen LogP contribution in [0.5, 0.6) is 5.88 Å². The van der Waals surface area contributed by atoms with Crippen molar-refractivity contribution in [2.75, 3.05) is 12.4 Å². The molecule has 0 saturated heterocycles. The lowest BCUT2D eigenvalue weighted by Gasteiger charge is -2.30. The van der Waals surface area contributed by atoms with Crippen molar-refractivity contribution in [2.24, 2.45) is 14.1 Å². The fraction of sp³-hybridized carbons (Fsp3) is 0.391. The van der Waals surface area contributed by atoms with Crippen LogP contribution in [-0.4, -0.2) is 42.3 Å². The van der Waals surface area contributed by atoms with Gasteiger partial charge in [0, 0.05) is 74.9 Å². The zero-order valence-electron chi connectivity index (χ0n) is 18.5. The smallest absolute Gasteiger partial charge is 0.266 e. The van der Waals surface area contributed by atoms with Gasteiger partial charge in [0.15, 0.2) is 0 Å². The highest BCUT2D eigenvalue weighted by atomic mass is 16.5. The largest absolute Gasteiger partial charge is 0.473 e. The molecule has 0 amide bonds. The Kier molecular flexibility index (Phi) is 5.16. The van der Waals surface area contributed by atoms with E-state index in [1.165, 1.54) is 10.7 Å². The molecule has 0 unspecified atom stereocenters. The first kappa shape index (κ1) is 20.3. The highest BCUT2D eigenvalue weighted by Crippen LogP contribution is 2.37. The minimum Gasteiger partial charge on any atom is -0.473 e. The lowest BCUT2D eigenvalue weighted by atomic mass is 9.92. The molecule has 4 aromatic heterocycles. The molecule has 4 heterocycles. The van der Waals surface area contributed by atoms with E-state index in [-0.39, 0.29) is 11.7 Å². The van der Waals surface area contributed by atoms with Crippen LogP contribution in [0.4, 0.5) is 5.82 Å². The molecule has 5 rings (SSSR count). The zero-order chi connectivity index (χ0) is 22.2. The van der Waals surface area contributed by atoms with Crippen LogP contribution in [0.25, 0.3) is 22.2 Å². The van der Waals surface area contributed by atoms with Crippen molar-refractivity contribution >= 4 is 16.7 Å². The Morgan fingerprint density at radius 2 is 1.91 bits per heavy atom. The van der Waals surface area contributed by atoms with E-state index in [4.69, 9.17) is 4.74 Å². The molecule has 0 radical (unpaired) electrons. The van der Waals surface area contributed by atoms with Crippen molar-refractivity contribution in [3.63, 3.8) is 0 Å². The van der Waals surface area contributed by atoms with Crippen LogP contribution >= 0.6 is 0 Å². The van der Waals surface area contributed by atoms with Crippen molar-refractivity contribution in [2.45, 2.75) is 37.8 Å². The van der Waals surface area contributed by atoms with Gasteiger partial charge < -0.3 is 14.6 Å². The number of aryl methyl sites for hydroxylation is 2. The summed E-state index contributed by atoms with van der Waals surface area (Å²) in [6, 6.07) is 7.66. The molecule has 166 valence electrons. The Hall–Kier alpha value is -3.62. The second kappa shape index (κ2) is 8.14. The molecule has 32 heavy (non-hydrogen) atoms. The predicted molar refractivity (Wildman–Crippen MR) is 123 cm³/mol. The highest BCUT2D eigenvalue weighted by molar-refractivity contribution is 5.95. The normalized spacial score (nSPS) is 18.7. The fourth-order valence-corrected chi connectivity index (χ4v) is 4.50. The van der Waals surface area contributed by atoms with Crippen LogP contribution in [0.1, 0.15) is 31.7 Å². The maximum absolute atomic E-state index is 11.5. The third-order valence-corrected chi connectivity index (χ3v) is 6.22. The number of rotatable bonds is 5. The molecule has 1 aliphatic carbocycles. The van der Waals surface area contributed by atoms with Crippen molar-refractivity contribution in [3.05, 3.63) is 53.2 Å². The average Bonchev–Trinajstić information content (AvgIpc) is 3.40. The van der Waals surface area contributed by atoms with Crippen molar-refractivity contribution in [3.8, 4) is 17.1 Å². The summed E-state index contributed by atoms with van der Waals surface area (Å²) in [5, 5.41) is 13.1. The average molecular weight is 434 g/mol. The molecule has 0 aliphatic heterocycles. The first-order valence-electron chi connectivity index (χ1n) is 10.9. The first-order valence-corrected chi connectivity index (χ1v) is 10.9. The highest BCUT2D eigenvalue weighted by Gasteiger charge is 2.26. The van der Waals surface area contributed by atoms with Gasteiger partial charge in [-0.1, -0.05) is 0 Å². The van der Waals surface area contributed by atoms with E-state index in [1.54, 1.807) is 13.1 Å². The van der Waals surface area contributed by atoms with Gasteiger partial charge in [-0.3, -0.25) is 9.48 Å². The van der Waals surface area contributed by atoms with E-state index < -0.39 is 0 Å². The van der Waals surface area contributed by atoms with Gasteiger partial charge in [-0.15, -0.1) is 5.10 Å². The van der Waals surface area contributed by atoms with E-state index >= 15 is 0 Å². The van der Waals surface area contributed by atoms with Gasteiger partial charge in [0.25, 0.3) is 5.56 Å². The van der Waals surface area contributed by atoms with Crippen LogP contribution < -0.4 is 15.6 Å². The minimum atomic E-state index is -0.139. The fourth-order valence-electron chi connectivity index (χ4n) is 4.50. The van der Waals surface area contributed by atoms with Gasteiger partial charge in [-0.25, -0.2) is 9.67 Å². The van der Waals surface area contributed by atoms with Crippen molar-refractivity contribution in [1.82, 2.24) is 29.1 Å². The zero-order valence-corrected chi connectivity index (χ0v) is 18.5. The van der Waals surface area contributed by atoms with Gasteiger partial charge in [-0.05, 0) is 31.7 Å². The first-order chi connectivity index (χ1) is 15.5. The molecule has 1 aliphatic rings. The van der Waals surface area contributed by atoms with Crippen LogP contribution in [0.3, 0.4) is 0 Å². The van der Waals surface area contributed by atoms with Gasteiger partial charge in [0.1, 0.15) is 11.9 Å². The quantitative estimate of drug-likeness (QED) is 0.520. The molecule has 0 spiro atoms. The van der Waals surface area contributed by atoms with Crippen LogP contribution in [0.2, 0.25) is 0 Å². The maximum atomic E-state index is 11.5. The topological polar surface area (TPSA) is 91.8 Å². The number of fused-ring (bicyclic) bond motifs is 1. The van der Waals surface area contributed by atoms with Crippen molar-refractivity contribution < 1.29 is 4.74 Å². The standard InChI is InChI=1S/C23H27N7O2/c1-24-21-12-20-17(13-25-21)18(19-10-11-28(2)26-19)14-30(20)15-4-6-16(7-5-15)32-22-8-9-23(31)29(3)27-22/h8-16H,4-7H2,1-3H3,(H,24,25)/t15-,16+. The summed E-state index contributed by atoms with van der Waals surface area (Å²) in [6.07, 6.45) is 10.1. The SMILES string of the molecule is CNc1cc2c(cn1)c(-c1ccn(C)n1)cn2[C@H]1CC[C@@H](Oc2ccc(=O)n(C)n2)CC1.